The van der Waals surface area contributed by atoms with Crippen LogP contribution in [0.1, 0.15) is 6.42 Å². The minimum absolute atomic E-state index is 0.193. The Kier molecular flexibility index (Phi) is 4.89. The van der Waals surface area contributed by atoms with E-state index in [9.17, 15) is 17.2 Å². The Hall–Kier alpha value is -1.96. The molecule has 1 aromatic heterocycles. The van der Waals surface area contributed by atoms with E-state index in [1.54, 1.807) is 23.0 Å². The third-order valence-corrected chi connectivity index (χ3v) is 4.30. The zero-order valence-corrected chi connectivity index (χ0v) is 11.9. The van der Waals surface area contributed by atoms with Crippen LogP contribution in [0.15, 0.2) is 47.6 Å². The van der Waals surface area contributed by atoms with Crippen LogP contribution in [0.3, 0.4) is 0 Å². The molecule has 0 unspecified atom stereocenters. The number of hydrogen-bond donors (Lipinski definition) is 1. The number of hydrogen-bond acceptors (Lipinski definition) is 4. The van der Waals surface area contributed by atoms with Gasteiger partial charge in [0.2, 0.25) is 9.84 Å². The van der Waals surface area contributed by atoms with Crippen molar-refractivity contribution in [1.29, 1.82) is 0 Å². The summed E-state index contributed by atoms with van der Waals surface area (Å²) in [5, 5.41) is 6.92. The molecule has 2 aromatic rings. The van der Waals surface area contributed by atoms with E-state index in [1.165, 1.54) is 18.2 Å². The van der Waals surface area contributed by atoms with Crippen molar-refractivity contribution < 1.29 is 17.2 Å². The molecule has 5 nitrogen and oxygen atoms in total. The summed E-state index contributed by atoms with van der Waals surface area (Å²) in [5.41, 5.74) is 0.193. The van der Waals surface area contributed by atoms with Crippen molar-refractivity contribution in [3.63, 3.8) is 0 Å². The Balaban J connectivity index is 2.00. The summed E-state index contributed by atoms with van der Waals surface area (Å²) in [6.45, 7) is 1.11. The number of nitrogens with one attached hydrogen (secondary N) is 1. The average Bonchev–Trinajstić information content (AvgIpc) is 2.97. The van der Waals surface area contributed by atoms with E-state index in [2.05, 4.69) is 10.4 Å². The molecule has 1 heterocycles. The predicted molar refractivity (Wildman–Crippen MR) is 75.0 cm³/mol. The SMILES string of the molecule is O=S(=O)(c1ccccc1NCCCn1cccn1)C(F)F. The van der Waals surface area contributed by atoms with Crippen LogP contribution in [0.4, 0.5) is 14.5 Å². The standard InChI is InChI=1S/C13H15F2N3O2S/c14-13(15)21(19,20)12-6-2-1-5-11(12)16-7-3-9-18-10-4-8-17-18/h1-2,4-6,8,10,13,16H,3,7,9H2. The molecule has 114 valence electrons. The molecule has 0 saturated heterocycles. The van der Waals surface area contributed by atoms with E-state index in [4.69, 9.17) is 0 Å². The van der Waals surface area contributed by atoms with Gasteiger partial charge in [-0.2, -0.15) is 13.9 Å². The maximum atomic E-state index is 12.6. The van der Waals surface area contributed by atoms with E-state index in [0.717, 1.165) is 0 Å². The molecule has 2 rings (SSSR count). The zero-order valence-electron chi connectivity index (χ0n) is 11.1. The van der Waals surface area contributed by atoms with Crippen LogP contribution in [-0.2, 0) is 16.4 Å². The number of aryl methyl sites for hydroxylation is 1. The lowest BCUT2D eigenvalue weighted by molar-refractivity contribution is 0.235. The van der Waals surface area contributed by atoms with Crippen LogP contribution < -0.4 is 5.32 Å². The fraction of sp³-hybridized carbons (Fsp3) is 0.308. The van der Waals surface area contributed by atoms with Gasteiger partial charge in [0.05, 0.1) is 10.6 Å². The summed E-state index contributed by atoms with van der Waals surface area (Å²) < 4.78 is 50.1. The molecule has 0 aliphatic carbocycles. The van der Waals surface area contributed by atoms with Crippen molar-refractivity contribution >= 4 is 15.5 Å². The maximum absolute atomic E-state index is 12.6. The summed E-state index contributed by atoms with van der Waals surface area (Å²) in [6, 6.07) is 7.48. The van der Waals surface area contributed by atoms with Gasteiger partial charge in [0, 0.05) is 25.5 Å². The Morgan fingerprint density at radius 2 is 2.00 bits per heavy atom. The van der Waals surface area contributed by atoms with Crippen molar-refractivity contribution in [2.45, 2.75) is 23.6 Å². The summed E-state index contributed by atoms with van der Waals surface area (Å²) in [6.07, 6.45) is 4.16. The highest BCUT2D eigenvalue weighted by Gasteiger charge is 2.28. The highest BCUT2D eigenvalue weighted by molar-refractivity contribution is 7.91. The zero-order chi connectivity index (χ0) is 15.3. The number of para-hydroxylation sites is 1. The number of benzene rings is 1. The molecule has 21 heavy (non-hydrogen) atoms. The van der Waals surface area contributed by atoms with E-state index < -0.39 is 15.6 Å². The first kappa shape index (κ1) is 15.4. The number of halogens is 2. The first-order valence-electron chi connectivity index (χ1n) is 6.34. The molecule has 0 bridgehead atoms. The first-order chi connectivity index (χ1) is 10.0. The number of sulfone groups is 1. The molecule has 1 N–H and O–H groups in total. The van der Waals surface area contributed by atoms with Gasteiger partial charge in [0.1, 0.15) is 0 Å². The average molecular weight is 315 g/mol. The van der Waals surface area contributed by atoms with Gasteiger partial charge in [-0.3, -0.25) is 4.68 Å². The van der Waals surface area contributed by atoms with E-state index in [1.807, 2.05) is 6.20 Å². The van der Waals surface area contributed by atoms with Crippen molar-refractivity contribution in [2.75, 3.05) is 11.9 Å². The molecule has 0 amide bonds. The molecule has 8 heteroatoms. The summed E-state index contributed by atoms with van der Waals surface area (Å²) in [4.78, 5) is -0.376. The molecule has 0 fully saturated rings. The van der Waals surface area contributed by atoms with Gasteiger partial charge >= 0.3 is 5.76 Å². The van der Waals surface area contributed by atoms with Crippen molar-refractivity contribution in [3.05, 3.63) is 42.7 Å². The first-order valence-corrected chi connectivity index (χ1v) is 7.89. The highest BCUT2D eigenvalue weighted by Crippen LogP contribution is 2.25. The Morgan fingerprint density at radius 1 is 1.24 bits per heavy atom. The molecule has 0 spiro atoms. The second-order valence-electron chi connectivity index (χ2n) is 4.35. The van der Waals surface area contributed by atoms with Crippen molar-refractivity contribution in [1.82, 2.24) is 9.78 Å². The summed E-state index contributed by atoms with van der Waals surface area (Å²) >= 11 is 0. The third kappa shape index (κ3) is 3.78. The monoisotopic (exact) mass is 315 g/mol. The fourth-order valence-corrected chi connectivity index (χ4v) is 2.76. The van der Waals surface area contributed by atoms with Crippen LogP contribution in [0.5, 0.6) is 0 Å². The van der Waals surface area contributed by atoms with Crippen LogP contribution >= 0.6 is 0 Å². The molecular weight excluding hydrogens is 300 g/mol. The quantitative estimate of drug-likeness (QED) is 0.797. The van der Waals surface area contributed by atoms with Gasteiger partial charge in [0.25, 0.3) is 0 Å². The van der Waals surface area contributed by atoms with Crippen LogP contribution in [0, 0.1) is 0 Å². The summed E-state index contributed by atoms with van der Waals surface area (Å²) in [5.74, 6) is -3.43. The molecule has 0 aliphatic rings. The molecule has 0 atom stereocenters. The van der Waals surface area contributed by atoms with Gasteiger partial charge < -0.3 is 5.32 Å². The normalized spacial score (nSPS) is 11.8. The number of nitrogens with zero attached hydrogens (tertiary/aromatic N) is 2. The second kappa shape index (κ2) is 6.66. The summed E-state index contributed by atoms with van der Waals surface area (Å²) in [7, 11) is -4.60. The lowest BCUT2D eigenvalue weighted by Gasteiger charge is -2.12. The van der Waals surface area contributed by atoms with Crippen LogP contribution in [-0.4, -0.2) is 30.5 Å². The third-order valence-electron chi connectivity index (χ3n) is 2.87. The highest BCUT2D eigenvalue weighted by atomic mass is 32.2. The van der Waals surface area contributed by atoms with Crippen molar-refractivity contribution in [3.8, 4) is 0 Å². The van der Waals surface area contributed by atoms with Gasteiger partial charge in [-0.15, -0.1) is 0 Å². The number of aromatic nitrogens is 2. The maximum Gasteiger partial charge on any atom is 0.341 e. The van der Waals surface area contributed by atoms with Gasteiger partial charge in [-0.05, 0) is 24.6 Å². The molecular formula is C13H15F2N3O2S. The van der Waals surface area contributed by atoms with Gasteiger partial charge in [0.15, 0.2) is 0 Å². The molecule has 0 saturated carbocycles. The lowest BCUT2D eigenvalue weighted by Crippen LogP contribution is -2.15. The Labute approximate surface area is 121 Å². The largest absolute Gasteiger partial charge is 0.384 e. The lowest BCUT2D eigenvalue weighted by atomic mass is 10.3. The van der Waals surface area contributed by atoms with E-state index in [0.29, 0.717) is 19.5 Å². The fourth-order valence-electron chi connectivity index (χ4n) is 1.85. The number of alkyl halides is 2. The second-order valence-corrected chi connectivity index (χ2v) is 6.24. The van der Waals surface area contributed by atoms with Gasteiger partial charge in [-0.1, -0.05) is 12.1 Å². The Morgan fingerprint density at radius 3 is 2.67 bits per heavy atom. The molecule has 1 aromatic carbocycles. The van der Waals surface area contributed by atoms with E-state index in [-0.39, 0.29) is 10.6 Å². The Bertz CT molecular complexity index is 672. The van der Waals surface area contributed by atoms with Crippen LogP contribution in [0.25, 0.3) is 0 Å². The van der Waals surface area contributed by atoms with Gasteiger partial charge in [-0.25, -0.2) is 8.42 Å². The van der Waals surface area contributed by atoms with Crippen LogP contribution in [0.2, 0.25) is 0 Å². The minimum atomic E-state index is -4.60. The molecule has 0 aliphatic heterocycles. The minimum Gasteiger partial charge on any atom is -0.384 e. The smallest absolute Gasteiger partial charge is 0.341 e. The molecule has 0 radical (unpaired) electrons. The van der Waals surface area contributed by atoms with Crippen molar-refractivity contribution in [2.24, 2.45) is 0 Å². The van der Waals surface area contributed by atoms with E-state index >= 15 is 0 Å². The number of rotatable bonds is 7. The topological polar surface area (TPSA) is 64.0 Å². The number of anilines is 1. The predicted octanol–water partition coefficient (Wildman–Crippen LogP) is 2.38.